The maximum Gasteiger partial charge on any atom is 0.0659 e. The molecule has 18 heavy (non-hydrogen) atoms. The van der Waals surface area contributed by atoms with Crippen LogP contribution in [0, 0.1) is 19.8 Å². The highest BCUT2D eigenvalue weighted by molar-refractivity contribution is 5.30. The fourth-order valence-electron chi connectivity index (χ4n) is 2.86. The van der Waals surface area contributed by atoms with Gasteiger partial charge in [-0.15, -0.1) is 0 Å². The molecule has 0 aromatic heterocycles. The molecule has 1 fully saturated rings. The predicted molar refractivity (Wildman–Crippen MR) is 75.6 cm³/mol. The van der Waals surface area contributed by atoms with Gasteiger partial charge in [0.2, 0.25) is 0 Å². The van der Waals surface area contributed by atoms with Gasteiger partial charge in [0.15, 0.2) is 0 Å². The van der Waals surface area contributed by atoms with Crippen LogP contribution in [0.3, 0.4) is 0 Å². The van der Waals surface area contributed by atoms with Crippen LogP contribution < -0.4 is 5.73 Å². The number of ether oxygens (including phenoxy) is 1. The molecule has 0 heterocycles. The molecule has 1 aliphatic carbocycles. The van der Waals surface area contributed by atoms with Crippen LogP contribution in [0.5, 0.6) is 0 Å². The van der Waals surface area contributed by atoms with E-state index in [1.54, 1.807) is 0 Å². The first kappa shape index (κ1) is 13.6. The predicted octanol–water partition coefficient (Wildman–Crippen LogP) is 3.51. The van der Waals surface area contributed by atoms with E-state index in [4.69, 9.17) is 10.5 Å². The normalized spacial score (nSPS) is 18.2. The molecule has 0 radical (unpaired) electrons. The summed E-state index contributed by atoms with van der Waals surface area (Å²) in [5, 5.41) is 0. The third kappa shape index (κ3) is 3.82. The van der Waals surface area contributed by atoms with Crippen molar-refractivity contribution in [1.29, 1.82) is 0 Å². The van der Waals surface area contributed by atoms with Gasteiger partial charge in [0.05, 0.1) is 12.6 Å². The van der Waals surface area contributed by atoms with E-state index in [-0.39, 0.29) is 6.04 Å². The summed E-state index contributed by atoms with van der Waals surface area (Å²) in [6.07, 6.45) is 5.41. The molecule has 1 aliphatic rings. The average molecular weight is 247 g/mol. The van der Waals surface area contributed by atoms with E-state index in [1.807, 2.05) is 0 Å². The molecule has 1 aromatic carbocycles. The fourth-order valence-corrected chi connectivity index (χ4v) is 2.86. The van der Waals surface area contributed by atoms with Crippen molar-refractivity contribution in [2.45, 2.75) is 45.6 Å². The maximum atomic E-state index is 6.19. The molecule has 2 heteroatoms. The van der Waals surface area contributed by atoms with Gasteiger partial charge in [-0.2, -0.15) is 0 Å². The molecule has 2 N–H and O–H groups in total. The first-order valence-electron chi connectivity index (χ1n) is 7.06. The Morgan fingerprint density at radius 1 is 1.17 bits per heavy atom. The van der Waals surface area contributed by atoms with Crippen LogP contribution in [0.15, 0.2) is 18.2 Å². The van der Waals surface area contributed by atoms with E-state index in [0.717, 1.165) is 12.5 Å². The summed E-state index contributed by atoms with van der Waals surface area (Å²) < 4.78 is 5.79. The molecule has 1 aromatic rings. The molecule has 100 valence electrons. The van der Waals surface area contributed by atoms with Crippen molar-refractivity contribution >= 4 is 0 Å². The van der Waals surface area contributed by atoms with Crippen LogP contribution in [0.25, 0.3) is 0 Å². The van der Waals surface area contributed by atoms with Crippen LogP contribution >= 0.6 is 0 Å². The van der Waals surface area contributed by atoms with Crippen molar-refractivity contribution in [3.05, 3.63) is 34.9 Å². The highest BCUT2D eigenvalue weighted by Crippen LogP contribution is 2.25. The van der Waals surface area contributed by atoms with Crippen LogP contribution in [0.4, 0.5) is 0 Å². The van der Waals surface area contributed by atoms with E-state index < -0.39 is 0 Å². The molecule has 2 rings (SSSR count). The molecule has 1 atom stereocenters. The van der Waals surface area contributed by atoms with Gasteiger partial charge in [-0.3, -0.25) is 0 Å². The number of benzene rings is 1. The van der Waals surface area contributed by atoms with Crippen LogP contribution in [-0.2, 0) is 4.74 Å². The molecule has 0 amide bonds. The largest absolute Gasteiger partial charge is 0.379 e. The van der Waals surface area contributed by atoms with Gasteiger partial charge in [-0.05, 0) is 38.2 Å². The number of aryl methyl sites for hydroxylation is 2. The Balaban J connectivity index is 1.81. The molecule has 1 saturated carbocycles. The van der Waals surface area contributed by atoms with Gasteiger partial charge >= 0.3 is 0 Å². The molecule has 0 saturated heterocycles. The molecule has 1 unspecified atom stereocenters. The zero-order chi connectivity index (χ0) is 13.0. The zero-order valence-electron chi connectivity index (χ0n) is 11.6. The van der Waals surface area contributed by atoms with Crippen molar-refractivity contribution < 1.29 is 4.74 Å². The number of hydrogen-bond acceptors (Lipinski definition) is 2. The zero-order valence-corrected chi connectivity index (χ0v) is 11.6. The van der Waals surface area contributed by atoms with Crippen molar-refractivity contribution in [2.24, 2.45) is 11.7 Å². The molecular formula is C16H25NO. The Kier molecular flexibility index (Phi) is 4.79. The van der Waals surface area contributed by atoms with E-state index in [1.165, 1.54) is 42.4 Å². The van der Waals surface area contributed by atoms with Gasteiger partial charge in [0.25, 0.3) is 0 Å². The van der Waals surface area contributed by atoms with Gasteiger partial charge in [-0.1, -0.05) is 42.2 Å². The summed E-state index contributed by atoms with van der Waals surface area (Å²) in [5.41, 5.74) is 9.93. The van der Waals surface area contributed by atoms with E-state index >= 15 is 0 Å². The van der Waals surface area contributed by atoms with Gasteiger partial charge in [0.1, 0.15) is 0 Å². The minimum atomic E-state index is 0.00463. The van der Waals surface area contributed by atoms with Gasteiger partial charge in [0, 0.05) is 6.61 Å². The van der Waals surface area contributed by atoms with Gasteiger partial charge in [-0.25, -0.2) is 0 Å². The second-order valence-corrected chi connectivity index (χ2v) is 5.72. The van der Waals surface area contributed by atoms with Crippen molar-refractivity contribution in [1.82, 2.24) is 0 Å². The fraction of sp³-hybridized carbons (Fsp3) is 0.625. The quantitative estimate of drug-likeness (QED) is 0.864. The highest BCUT2D eigenvalue weighted by atomic mass is 16.5. The topological polar surface area (TPSA) is 35.2 Å². The van der Waals surface area contributed by atoms with Crippen molar-refractivity contribution in [2.75, 3.05) is 13.2 Å². The Morgan fingerprint density at radius 3 is 2.39 bits per heavy atom. The first-order valence-corrected chi connectivity index (χ1v) is 7.06. The summed E-state index contributed by atoms with van der Waals surface area (Å²) in [6, 6.07) is 6.51. The lowest BCUT2D eigenvalue weighted by atomic mass is 10.0. The monoisotopic (exact) mass is 247 g/mol. The Labute approximate surface area is 111 Å². The molecular weight excluding hydrogens is 222 g/mol. The standard InChI is InChI=1S/C16H25NO/c1-12-7-13(2)9-15(8-12)16(17)11-18-10-14-5-3-4-6-14/h7-9,14,16H,3-6,10-11,17H2,1-2H3. The summed E-state index contributed by atoms with van der Waals surface area (Å²) in [4.78, 5) is 0. The average Bonchev–Trinajstić information content (AvgIpc) is 2.80. The van der Waals surface area contributed by atoms with E-state index in [9.17, 15) is 0 Å². The Hall–Kier alpha value is -0.860. The first-order chi connectivity index (χ1) is 8.65. The third-order valence-corrected chi connectivity index (χ3v) is 3.80. The maximum absolute atomic E-state index is 6.19. The highest BCUT2D eigenvalue weighted by Gasteiger charge is 2.15. The van der Waals surface area contributed by atoms with E-state index in [0.29, 0.717) is 6.61 Å². The Bertz CT molecular complexity index is 362. The molecule has 0 spiro atoms. The minimum absolute atomic E-state index is 0.00463. The summed E-state index contributed by atoms with van der Waals surface area (Å²) >= 11 is 0. The van der Waals surface area contributed by atoms with Crippen molar-refractivity contribution in [3.8, 4) is 0 Å². The lowest BCUT2D eigenvalue weighted by molar-refractivity contribution is 0.0904. The lowest BCUT2D eigenvalue weighted by Crippen LogP contribution is -2.19. The van der Waals surface area contributed by atoms with Crippen LogP contribution in [0.1, 0.15) is 48.4 Å². The lowest BCUT2D eigenvalue weighted by Gasteiger charge is -2.16. The van der Waals surface area contributed by atoms with Crippen LogP contribution in [-0.4, -0.2) is 13.2 Å². The third-order valence-electron chi connectivity index (χ3n) is 3.80. The van der Waals surface area contributed by atoms with Crippen LogP contribution in [0.2, 0.25) is 0 Å². The Morgan fingerprint density at radius 2 is 1.78 bits per heavy atom. The SMILES string of the molecule is Cc1cc(C)cc(C(N)COCC2CCCC2)c1. The second-order valence-electron chi connectivity index (χ2n) is 5.72. The van der Waals surface area contributed by atoms with E-state index in [2.05, 4.69) is 32.0 Å². The number of nitrogens with two attached hydrogens (primary N) is 1. The van der Waals surface area contributed by atoms with Crippen molar-refractivity contribution in [3.63, 3.8) is 0 Å². The molecule has 0 aliphatic heterocycles. The smallest absolute Gasteiger partial charge is 0.0659 e. The summed E-state index contributed by atoms with van der Waals surface area (Å²) in [7, 11) is 0. The minimum Gasteiger partial charge on any atom is -0.379 e. The summed E-state index contributed by atoms with van der Waals surface area (Å²) in [6.45, 7) is 5.75. The summed E-state index contributed by atoms with van der Waals surface area (Å²) in [5.74, 6) is 0.774. The number of rotatable bonds is 5. The molecule has 0 bridgehead atoms. The number of hydrogen-bond donors (Lipinski definition) is 1. The second kappa shape index (κ2) is 6.35. The molecule has 2 nitrogen and oxygen atoms in total. The van der Waals surface area contributed by atoms with Gasteiger partial charge < -0.3 is 10.5 Å².